The highest BCUT2D eigenvalue weighted by Crippen LogP contribution is 2.23. The van der Waals surface area contributed by atoms with Gasteiger partial charge in [-0.05, 0) is 32.9 Å². The van der Waals surface area contributed by atoms with E-state index in [0.29, 0.717) is 10.7 Å². The van der Waals surface area contributed by atoms with Crippen molar-refractivity contribution >= 4 is 22.4 Å². The SMILES string of the molecule is CC(C)(C)OC(=O)c1ccc(-c2csc(N)n2)cc1. The van der Waals surface area contributed by atoms with E-state index in [1.54, 1.807) is 12.1 Å². The van der Waals surface area contributed by atoms with Gasteiger partial charge in [-0.3, -0.25) is 0 Å². The standard InChI is InChI=1S/C14H16N2O2S/c1-14(2,3)18-12(17)10-6-4-9(5-7-10)11-8-19-13(15)16-11/h4-8H,1-3H3,(H2,15,16). The number of carbonyl (C=O) groups is 1. The van der Waals surface area contributed by atoms with Crippen molar-refractivity contribution in [1.82, 2.24) is 4.98 Å². The van der Waals surface area contributed by atoms with Crippen LogP contribution in [0.5, 0.6) is 0 Å². The predicted octanol–water partition coefficient (Wildman–Crippen LogP) is 3.35. The topological polar surface area (TPSA) is 65.2 Å². The van der Waals surface area contributed by atoms with Crippen LogP contribution in [0.4, 0.5) is 5.13 Å². The van der Waals surface area contributed by atoms with E-state index in [4.69, 9.17) is 10.5 Å². The maximum Gasteiger partial charge on any atom is 0.338 e. The van der Waals surface area contributed by atoms with Crippen LogP contribution in [0.2, 0.25) is 0 Å². The fraction of sp³-hybridized carbons (Fsp3) is 0.286. The number of nitrogens with zero attached hydrogens (tertiary/aromatic N) is 1. The highest BCUT2D eigenvalue weighted by molar-refractivity contribution is 7.13. The second-order valence-corrected chi connectivity index (χ2v) is 6.04. The minimum absolute atomic E-state index is 0.322. The summed E-state index contributed by atoms with van der Waals surface area (Å²) in [5, 5.41) is 2.42. The summed E-state index contributed by atoms with van der Waals surface area (Å²) in [5.41, 5.74) is 7.39. The lowest BCUT2D eigenvalue weighted by Crippen LogP contribution is -2.23. The number of hydrogen-bond acceptors (Lipinski definition) is 5. The fourth-order valence-electron chi connectivity index (χ4n) is 1.53. The molecular formula is C14H16N2O2S. The number of nitrogens with two attached hydrogens (primary N) is 1. The van der Waals surface area contributed by atoms with Crippen LogP contribution in [0, 0.1) is 0 Å². The van der Waals surface area contributed by atoms with Crippen molar-refractivity contribution in [1.29, 1.82) is 0 Å². The van der Waals surface area contributed by atoms with E-state index in [0.717, 1.165) is 11.3 Å². The van der Waals surface area contributed by atoms with Gasteiger partial charge in [-0.15, -0.1) is 11.3 Å². The van der Waals surface area contributed by atoms with Crippen LogP contribution in [-0.4, -0.2) is 16.6 Å². The van der Waals surface area contributed by atoms with Gasteiger partial charge in [-0.1, -0.05) is 12.1 Å². The molecule has 4 nitrogen and oxygen atoms in total. The molecule has 0 saturated heterocycles. The first kappa shape index (κ1) is 13.5. The van der Waals surface area contributed by atoms with E-state index in [2.05, 4.69) is 4.98 Å². The normalized spacial score (nSPS) is 11.3. The molecule has 0 spiro atoms. The Labute approximate surface area is 116 Å². The first-order chi connectivity index (χ1) is 8.85. The zero-order valence-electron chi connectivity index (χ0n) is 11.1. The van der Waals surface area contributed by atoms with Crippen molar-refractivity contribution in [3.63, 3.8) is 0 Å². The van der Waals surface area contributed by atoms with Gasteiger partial charge in [-0.2, -0.15) is 0 Å². The Morgan fingerprint density at radius 1 is 1.26 bits per heavy atom. The minimum atomic E-state index is -0.487. The van der Waals surface area contributed by atoms with Gasteiger partial charge in [-0.25, -0.2) is 9.78 Å². The summed E-state index contributed by atoms with van der Waals surface area (Å²) >= 11 is 1.39. The molecule has 1 aromatic heterocycles. The lowest BCUT2D eigenvalue weighted by atomic mass is 10.1. The Morgan fingerprint density at radius 3 is 2.37 bits per heavy atom. The van der Waals surface area contributed by atoms with Crippen LogP contribution in [0.3, 0.4) is 0 Å². The monoisotopic (exact) mass is 276 g/mol. The molecule has 0 radical (unpaired) electrons. The van der Waals surface area contributed by atoms with Crippen LogP contribution in [0.25, 0.3) is 11.3 Å². The highest BCUT2D eigenvalue weighted by Gasteiger charge is 2.17. The average Bonchev–Trinajstić information content (AvgIpc) is 2.74. The van der Waals surface area contributed by atoms with Gasteiger partial charge in [0.15, 0.2) is 5.13 Å². The molecule has 5 heteroatoms. The second kappa shape index (κ2) is 5.01. The predicted molar refractivity (Wildman–Crippen MR) is 77.1 cm³/mol. The lowest BCUT2D eigenvalue weighted by Gasteiger charge is -2.19. The van der Waals surface area contributed by atoms with E-state index >= 15 is 0 Å². The maximum absolute atomic E-state index is 11.9. The average molecular weight is 276 g/mol. The molecule has 0 fully saturated rings. The number of esters is 1. The summed E-state index contributed by atoms with van der Waals surface area (Å²) in [6.07, 6.45) is 0. The lowest BCUT2D eigenvalue weighted by molar-refractivity contribution is 0.00696. The third kappa shape index (κ3) is 3.54. The number of ether oxygens (including phenoxy) is 1. The maximum atomic E-state index is 11.9. The first-order valence-corrected chi connectivity index (χ1v) is 6.78. The summed E-state index contributed by atoms with van der Waals surface area (Å²) in [4.78, 5) is 16.1. The fourth-order valence-corrected chi connectivity index (χ4v) is 2.11. The zero-order chi connectivity index (χ0) is 14.0. The minimum Gasteiger partial charge on any atom is -0.456 e. The van der Waals surface area contributed by atoms with Gasteiger partial charge in [0.2, 0.25) is 0 Å². The Morgan fingerprint density at radius 2 is 1.89 bits per heavy atom. The van der Waals surface area contributed by atoms with E-state index < -0.39 is 5.60 Å². The van der Waals surface area contributed by atoms with Crippen LogP contribution in [0.1, 0.15) is 31.1 Å². The smallest absolute Gasteiger partial charge is 0.338 e. The summed E-state index contributed by atoms with van der Waals surface area (Å²) in [6.45, 7) is 5.53. The van der Waals surface area contributed by atoms with Gasteiger partial charge in [0.05, 0.1) is 11.3 Å². The Balaban J connectivity index is 2.17. The van der Waals surface area contributed by atoms with Crippen LogP contribution in [-0.2, 0) is 4.74 Å². The first-order valence-electron chi connectivity index (χ1n) is 5.90. The molecule has 1 heterocycles. The summed E-state index contributed by atoms with van der Waals surface area (Å²) in [7, 11) is 0. The Hall–Kier alpha value is -1.88. The van der Waals surface area contributed by atoms with Crippen molar-refractivity contribution in [3.8, 4) is 11.3 Å². The van der Waals surface area contributed by atoms with E-state index in [1.165, 1.54) is 11.3 Å². The third-order valence-corrected chi connectivity index (χ3v) is 3.01. The molecule has 0 unspecified atom stereocenters. The molecule has 2 aromatic rings. The molecule has 0 aliphatic heterocycles. The van der Waals surface area contributed by atoms with Crippen LogP contribution < -0.4 is 5.73 Å². The molecule has 100 valence electrons. The van der Waals surface area contributed by atoms with Crippen LogP contribution in [0.15, 0.2) is 29.6 Å². The number of carbonyl (C=O) groups excluding carboxylic acids is 1. The summed E-state index contributed by atoms with van der Waals surface area (Å²) in [5.74, 6) is -0.322. The molecule has 0 aliphatic carbocycles. The zero-order valence-corrected chi connectivity index (χ0v) is 12.0. The summed E-state index contributed by atoms with van der Waals surface area (Å²) < 4.78 is 5.30. The summed E-state index contributed by atoms with van der Waals surface area (Å²) in [6, 6.07) is 7.15. The Kier molecular flexibility index (Phi) is 3.57. The molecule has 0 amide bonds. The number of aromatic nitrogens is 1. The molecule has 19 heavy (non-hydrogen) atoms. The number of nitrogen functional groups attached to an aromatic ring is 1. The number of anilines is 1. The number of benzene rings is 1. The van der Waals surface area contributed by atoms with Gasteiger partial charge >= 0.3 is 5.97 Å². The van der Waals surface area contributed by atoms with Crippen molar-refractivity contribution in [2.24, 2.45) is 0 Å². The number of thiazole rings is 1. The molecule has 0 atom stereocenters. The largest absolute Gasteiger partial charge is 0.456 e. The molecule has 0 aliphatic rings. The molecular weight excluding hydrogens is 260 g/mol. The molecule has 0 saturated carbocycles. The van der Waals surface area contributed by atoms with Crippen molar-refractivity contribution in [3.05, 3.63) is 35.2 Å². The van der Waals surface area contributed by atoms with Gasteiger partial charge in [0.25, 0.3) is 0 Å². The van der Waals surface area contributed by atoms with Gasteiger partial charge in [0.1, 0.15) is 5.60 Å². The van der Waals surface area contributed by atoms with Crippen molar-refractivity contribution < 1.29 is 9.53 Å². The van der Waals surface area contributed by atoms with Crippen LogP contribution >= 0.6 is 11.3 Å². The van der Waals surface area contributed by atoms with Crippen molar-refractivity contribution in [2.75, 3.05) is 5.73 Å². The van der Waals surface area contributed by atoms with E-state index in [1.807, 2.05) is 38.3 Å². The van der Waals surface area contributed by atoms with Gasteiger partial charge < -0.3 is 10.5 Å². The van der Waals surface area contributed by atoms with E-state index in [9.17, 15) is 4.79 Å². The second-order valence-electron chi connectivity index (χ2n) is 5.15. The third-order valence-electron chi connectivity index (χ3n) is 2.34. The van der Waals surface area contributed by atoms with Gasteiger partial charge in [0, 0.05) is 10.9 Å². The highest BCUT2D eigenvalue weighted by atomic mass is 32.1. The van der Waals surface area contributed by atoms with Crippen molar-refractivity contribution in [2.45, 2.75) is 26.4 Å². The quantitative estimate of drug-likeness (QED) is 0.854. The molecule has 0 bridgehead atoms. The number of rotatable bonds is 2. The molecule has 2 rings (SSSR count). The molecule has 1 aromatic carbocycles. The Bertz CT molecular complexity index is 582. The molecule has 2 N–H and O–H groups in total. The van der Waals surface area contributed by atoms with E-state index in [-0.39, 0.29) is 5.97 Å². The number of hydrogen-bond donors (Lipinski definition) is 1.